The van der Waals surface area contributed by atoms with Crippen LogP contribution in [0.15, 0.2) is 11.5 Å². The Morgan fingerprint density at radius 1 is 1.42 bits per heavy atom. The van der Waals surface area contributed by atoms with E-state index in [0.717, 1.165) is 0 Å². The van der Waals surface area contributed by atoms with Crippen LogP contribution >= 0.6 is 0 Å². The van der Waals surface area contributed by atoms with Gasteiger partial charge in [-0.15, -0.1) is 0 Å². The second kappa shape index (κ2) is 3.10. The summed E-state index contributed by atoms with van der Waals surface area (Å²) >= 11 is 0. The average Bonchev–Trinajstić information content (AvgIpc) is 2.32. The summed E-state index contributed by atoms with van der Waals surface area (Å²) in [4.78, 5) is 10.7. The Morgan fingerprint density at radius 3 is 2.33 bits per heavy atom. The van der Waals surface area contributed by atoms with Crippen molar-refractivity contribution in [3.05, 3.63) is 11.5 Å². The Bertz CT molecular complexity index is 232. The van der Waals surface area contributed by atoms with Crippen molar-refractivity contribution in [3.63, 3.8) is 0 Å². The van der Waals surface area contributed by atoms with Gasteiger partial charge in [-0.25, -0.2) is 0 Å². The Balaban J connectivity index is 2.80. The maximum absolute atomic E-state index is 10.7. The molecule has 1 rings (SSSR count). The van der Waals surface area contributed by atoms with Crippen LogP contribution < -0.4 is 0 Å². The first-order valence-corrected chi connectivity index (χ1v) is 3.17. The van der Waals surface area contributed by atoms with Crippen LogP contribution in [0, 0.1) is 0 Å². The lowest BCUT2D eigenvalue weighted by Gasteiger charge is -2.07. The van der Waals surface area contributed by atoms with Gasteiger partial charge in [0.25, 0.3) is 0 Å². The minimum atomic E-state index is -1.69. The fourth-order valence-corrected chi connectivity index (χ4v) is 0.830. The zero-order valence-corrected chi connectivity index (χ0v) is 5.97. The van der Waals surface area contributed by atoms with Crippen molar-refractivity contribution in [3.8, 4) is 0 Å². The minimum Gasteiger partial charge on any atom is -0.506 e. The normalized spacial score (nSPS) is 29.5. The van der Waals surface area contributed by atoms with Crippen LogP contribution in [-0.4, -0.2) is 45.2 Å². The van der Waals surface area contributed by atoms with Crippen LogP contribution in [0.25, 0.3) is 0 Å². The molecular weight excluding hydrogens is 168 g/mol. The van der Waals surface area contributed by atoms with Crippen molar-refractivity contribution in [2.75, 3.05) is 6.61 Å². The summed E-state index contributed by atoms with van der Waals surface area (Å²) in [6, 6.07) is 0. The molecule has 0 radical (unpaired) electrons. The topological polar surface area (TPSA) is 107 Å². The van der Waals surface area contributed by atoms with Gasteiger partial charge in [-0.3, -0.25) is 4.79 Å². The fraction of sp³-hybridized carbons (Fsp3) is 0.500. The Kier molecular flexibility index (Phi) is 2.32. The minimum absolute atomic E-state index is 0.749. The van der Waals surface area contributed by atoms with E-state index in [4.69, 9.17) is 20.4 Å². The number of carbonyl (C=O) groups excluding carboxylic acids is 1. The van der Waals surface area contributed by atoms with E-state index in [-0.39, 0.29) is 0 Å². The smallest absolute Gasteiger partial charge is 0.218 e. The summed E-state index contributed by atoms with van der Waals surface area (Å²) in [6.45, 7) is -0.825. The van der Waals surface area contributed by atoms with Gasteiger partial charge in [-0.2, -0.15) is 0 Å². The van der Waals surface area contributed by atoms with E-state index in [2.05, 4.69) is 4.74 Å². The van der Waals surface area contributed by atoms with Crippen molar-refractivity contribution >= 4 is 5.78 Å². The molecule has 0 fully saturated rings. The van der Waals surface area contributed by atoms with Crippen LogP contribution in [0.4, 0.5) is 0 Å². The van der Waals surface area contributed by atoms with Gasteiger partial charge < -0.3 is 25.2 Å². The molecule has 6 heteroatoms. The van der Waals surface area contributed by atoms with Gasteiger partial charge in [0.05, 0.1) is 0 Å². The number of ketones is 1. The second-order valence-electron chi connectivity index (χ2n) is 2.26. The first-order valence-electron chi connectivity index (χ1n) is 3.17. The number of aliphatic hydroxyl groups excluding tert-OH is 4. The monoisotopic (exact) mass is 176 g/mol. The van der Waals surface area contributed by atoms with E-state index in [9.17, 15) is 4.79 Å². The number of hydrogen-bond acceptors (Lipinski definition) is 6. The molecule has 68 valence electrons. The third-order valence-corrected chi connectivity index (χ3v) is 1.46. The number of aliphatic hydroxyl groups is 4. The van der Waals surface area contributed by atoms with E-state index >= 15 is 0 Å². The predicted molar refractivity (Wildman–Crippen MR) is 35.3 cm³/mol. The van der Waals surface area contributed by atoms with Gasteiger partial charge in [0, 0.05) is 0 Å². The van der Waals surface area contributed by atoms with Gasteiger partial charge in [-0.1, -0.05) is 0 Å². The van der Waals surface area contributed by atoms with Gasteiger partial charge >= 0.3 is 0 Å². The predicted octanol–water partition coefficient (Wildman–Crippen LogP) is -1.41. The van der Waals surface area contributed by atoms with E-state index in [1.54, 1.807) is 0 Å². The highest BCUT2D eigenvalue weighted by atomic mass is 16.6. The third-order valence-electron chi connectivity index (χ3n) is 1.46. The van der Waals surface area contributed by atoms with Gasteiger partial charge in [0.2, 0.25) is 6.29 Å². The molecule has 1 aliphatic heterocycles. The summed E-state index contributed by atoms with van der Waals surface area (Å²) in [5.74, 6) is -2.36. The first-order chi connectivity index (χ1) is 5.57. The lowest BCUT2D eigenvalue weighted by Crippen LogP contribution is -2.27. The first kappa shape index (κ1) is 8.98. The lowest BCUT2D eigenvalue weighted by atomic mass is 10.2. The van der Waals surface area contributed by atoms with E-state index in [1.165, 1.54) is 0 Å². The van der Waals surface area contributed by atoms with Crippen molar-refractivity contribution < 1.29 is 30.0 Å². The molecule has 0 saturated heterocycles. The molecule has 0 amide bonds. The molecule has 12 heavy (non-hydrogen) atoms. The highest BCUT2D eigenvalue weighted by molar-refractivity contribution is 5.87. The van der Waals surface area contributed by atoms with Gasteiger partial charge in [0.15, 0.2) is 23.4 Å². The van der Waals surface area contributed by atoms with Crippen LogP contribution in [0.1, 0.15) is 0 Å². The van der Waals surface area contributed by atoms with Crippen LogP contribution in [0.5, 0.6) is 0 Å². The highest BCUT2D eigenvalue weighted by Crippen LogP contribution is 2.22. The molecule has 4 N–H and O–H groups in total. The van der Waals surface area contributed by atoms with Gasteiger partial charge in [0.1, 0.15) is 6.61 Å². The number of Topliss-reactive ketones (excluding diaryl/α,β-unsaturated/α-hetero) is 1. The van der Waals surface area contributed by atoms with Crippen molar-refractivity contribution in [2.24, 2.45) is 0 Å². The summed E-state index contributed by atoms with van der Waals surface area (Å²) in [5.41, 5.74) is 0. The zero-order chi connectivity index (χ0) is 9.30. The molecule has 2 unspecified atom stereocenters. The molecule has 2 atom stereocenters. The average molecular weight is 176 g/mol. The van der Waals surface area contributed by atoms with E-state index < -0.39 is 36.3 Å². The number of rotatable bonds is 2. The molecule has 0 aromatic heterocycles. The summed E-state index contributed by atoms with van der Waals surface area (Å²) in [5, 5.41) is 34.9. The van der Waals surface area contributed by atoms with Crippen LogP contribution in [0.2, 0.25) is 0 Å². The van der Waals surface area contributed by atoms with Crippen molar-refractivity contribution in [2.45, 2.75) is 12.4 Å². The largest absolute Gasteiger partial charge is 0.506 e. The van der Waals surface area contributed by atoms with Crippen molar-refractivity contribution in [1.29, 1.82) is 0 Å². The lowest BCUT2D eigenvalue weighted by molar-refractivity contribution is -0.145. The Hall–Kier alpha value is -1.11. The van der Waals surface area contributed by atoms with Gasteiger partial charge in [-0.05, 0) is 0 Å². The maximum atomic E-state index is 10.7. The molecule has 6 nitrogen and oxygen atoms in total. The standard InChI is InChI=1S/C6H8O6/c7-1-2(8)5-3(9)4(10)6(11)12-5/h5-7,9-11H,1H2. The molecule has 0 aromatic rings. The quantitative estimate of drug-likeness (QED) is 0.412. The number of carbonyl (C=O) groups is 1. The second-order valence-corrected chi connectivity index (χ2v) is 2.26. The molecule has 1 heterocycles. The molecule has 0 aromatic carbocycles. The van der Waals surface area contributed by atoms with Crippen molar-refractivity contribution in [1.82, 2.24) is 0 Å². The van der Waals surface area contributed by atoms with E-state index in [0.29, 0.717) is 0 Å². The van der Waals surface area contributed by atoms with Crippen LogP contribution in [0.3, 0.4) is 0 Å². The molecular formula is C6H8O6. The molecule has 1 aliphatic rings. The molecule has 0 bridgehead atoms. The zero-order valence-electron chi connectivity index (χ0n) is 5.97. The molecule has 0 spiro atoms. The summed E-state index contributed by atoms with van der Waals surface area (Å²) in [6.07, 6.45) is -3.14. The summed E-state index contributed by atoms with van der Waals surface area (Å²) in [7, 11) is 0. The maximum Gasteiger partial charge on any atom is 0.218 e. The highest BCUT2D eigenvalue weighted by Gasteiger charge is 2.37. The molecule has 0 aliphatic carbocycles. The Labute approximate surface area is 67.3 Å². The SMILES string of the molecule is O=C(CO)C1OC(O)C(O)=C1O. The number of ether oxygens (including phenoxy) is 1. The Morgan fingerprint density at radius 2 is 2.00 bits per heavy atom. The van der Waals surface area contributed by atoms with Crippen LogP contribution in [-0.2, 0) is 9.53 Å². The fourth-order valence-electron chi connectivity index (χ4n) is 0.830. The number of hydrogen-bond donors (Lipinski definition) is 4. The summed E-state index contributed by atoms with van der Waals surface area (Å²) < 4.78 is 4.41. The third kappa shape index (κ3) is 1.27. The molecule has 0 saturated carbocycles. The van der Waals surface area contributed by atoms with E-state index in [1.807, 2.05) is 0 Å².